The van der Waals surface area contributed by atoms with Gasteiger partial charge in [0.2, 0.25) is 0 Å². The Bertz CT molecular complexity index is 471. The van der Waals surface area contributed by atoms with E-state index in [-0.39, 0.29) is 35.1 Å². The van der Waals surface area contributed by atoms with Crippen molar-refractivity contribution < 1.29 is 18.7 Å². The number of carbonyl (C=O) groups is 1. The number of amides is 1. The molecular weight excluding hydrogens is 280 g/mol. The largest absolute Gasteiger partial charge is 0.399 e. The Kier molecular flexibility index (Phi) is 5.31. The fourth-order valence-corrected chi connectivity index (χ4v) is 2.06. The molecular formula is C11H14ClF2N3O2. The van der Waals surface area contributed by atoms with Crippen LogP contribution in [0.25, 0.3) is 0 Å². The lowest BCUT2D eigenvalue weighted by Crippen LogP contribution is -2.33. The molecule has 0 spiro atoms. The predicted molar refractivity (Wildman–Crippen MR) is 69.7 cm³/mol. The van der Waals surface area contributed by atoms with Crippen molar-refractivity contribution in [1.29, 1.82) is 0 Å². The zero-order chi connectivity index (χ0) is 14.6. The van der Waals surface area contributed by atoms with Gasteiger partial charge in [-0.25, -0.2) is 8.78 Å². The molecule has 5 nitrogen and oxygen atoms in total. The van der Waals surface area contributed by atoms with E-state index in [1.165, 1.54) is 12.1 Å². The van der Waals surface area contributed by atoms with Crippen molar-refractivity contribution in [2.45, 2.75) is 6.43 Å². The predicted octanol–water partition coefficient (Wildman–Crippen LogP) is 1.08. The third-order valence-electron chi connectivity index (χ3n) is 2.40. The Balaban J connectivity index is 3.31. The number of hydrogen-bond acceptors (Lipinski definition) is 4. The average Bonchev–Trinajstić information content (AvgIpc) is 2.26. The molecule has 19 heavy (non-hydrogen) atoms. The molecule has 0 aliphatic rings. The van der Waals surface area contributed by atoms with Crippen molar-refractivity contribution in [3.63, 3.8) is 0 Å². The van der Waals surface area contributed by atoms with Crippen molar-refractivity contribution in [2.75, 3.05) is 30.3 Å². The maximum atomic E-state index is 12.5. The lowest BCUT2D eigenvalue weighted by molar-refractivity contribution is 0.0999. The summed E-state index contributed by atoms with van der Waals surface area (Å²) < 4.78 is 25.1. The van der Waals surface area contributed by atoms with Crippen LogP contribution in [0.15, 0.2) is 12.1 Å². The number of halogens is 3. The zero-order valence-electron chi connectivity index (χ0n) is 9.94. The number of nitrogens with two attached hydrogens (primary N) is 2. The number of alkyl halides is 2. The normalized spacial score (nSPS) is 10.8. The molecule has 1 amide bonds. The Hall–Kier alpha value is -1.60. The van der Waals surface area contributed by atoms with Gasteiger partial charge < -0.3 is 21.5 Å². The van der Waals surface area contributed by atoms with Crippen molar-refractivity contribution in [3.05, 3.63) is 22.7 Å². The second kappa shape index (κ2) is 6.53. The van der Waals surface area contributed by atoms with Crippen molar-refractivity contribution >= 4 is 28.9 Å². The van der Waals surface area contributed by atoms with E-state index in [1.807, 2.05) is 0 Å². The molecule has 1 aromatic carbocycles. The van der Waals surface area contributed by atoms with Crippen molar-refractivity contribution in [3.8, 4) is 0 Å². The summed E-state index contributed by atoms with van der Waals surface area (Å²) in [6, 6.07) is 2.60. The summed E-state index contributed by atoms with van der Waals surface area (Å²) in [5, 5.41) is 8.95. The number of carbonyl (C=O) groups excluding carboxylic acids is 1. The molecule has 0 aliphatic heterocycles. The van der Waals surface area contributed by atoms with Gasteiger partial charge in [0.05, 0.1) is 29.4 Å². The van der Waals surface area contributed by atoms with Crippen LogP contribution in [0.4, 0.5) is 20.2 Å². The van der Waals surface area contributed by atoms with E-state index in [1.54, 1.807) is 0 Å². The molecule has 0 radical (unpaired) electrons. The molecule has 0 saturated carbocycles. The summed E-state index contributed by atoms with van der Waals surface area (Å²) in [6.07, 6.45) is -2.65. The standard InChI is InChI=1S/C11H14ClF2N3O2/c12-8-4-6(15)3-7(11(16)19)10(8)17(1-2-18)5-9(13)14/h3-4,9,18H,1-2,5,15H2,(H2,16,19). The highest BCUT2D eigenvalue weighted by molar-refractivity contribution is 6.34. The van der Waals surface area contributed by atoms with Gasteiger partial charge in [-0.1, -0.05) is 11.6 Å². The third-order valence-corrected chi connectivity index (χ3v) is 2.68. The van der Waals surface area contributed by atoms with Crippen LogP contribution >= 0.6 is 11.6 Å². The highest BCUT2D eigenvalue weighted by Gasteiger charge is 2.21. The lowest BCUT2D eigenvalue weighted by Gasteiger charge is -2.26. The summed E-state index contributed by atoms with van der Waals surface area (Å²) in [4.78, 5) is 12.5. The molecule has 106 valence electrons. The first-order valence-corrected chi connectivity index (χ1v) is 5.77. The van der Waals surface area contributed by atoms with Gasteiger partial charge in [0.25, 0.3) is 12.3 Å². The van der Waals surface area contributed by atoms with Crippen LogP contribution in [0, 0.1) is 0 Å². The van der Waals surface area contributed by atoms with Crippen LogP contribution in [0.2, 0.25) is 5.02 Å². The van der Waals surface area contributed by atoms with Gasteiger partial charge in [-0.3, -0.25) is 4.79 Å². The third kappa shape index (κ3) is 3.93. The number of primary amides is 1. The molecule has 0 bridgehead atoms. The van der Waals surface area contributed by atoms with Crippen molar-refractivity contribution in [2.24, 2.45) is 5.73 Å². The Morgan fingerprint density at radius 1 is 1.47 bits per heavy atom. The van der Waals surface area contributed by atoms with Gasteiger partial charge in [-0.05, 0) is 12.1 Å². The Morgan fingerprint density at radius 3 is 2.58 bits per heavy atom. The lowest BCUT2D eigenvalue weighted by atomic mass is 10.1. The number of aliphatic hydroxyl groups is 1. The summed E-state index contributed by atoms with van der Waals surface area (Å²) in [5.74, 6) is -0.832. The van der Waals surface area contributed by atoms with Gasteiger partial charge in [0, 0.05) is 12.2 Å². The minimum absolute atomic E-state index is 0.0305. The Labute approximate surface area is 113 Å². The SMILES string of the molecule is NC(=O)c1cc(N)cc(Cl)c1N(CCO)CC(F)F. The number of nitrogens with zero attached hydrogens (tertiary/aromatic N) is 1. The van der Waals surface area contributed by atoms with E-state index in [9.17, 15) is 13.6 Å². The first kappa shape index (κ1) is 15.5. The summed E-state index contributed by atoms with van der Waals surface area (Å²) >= 11 is 5.94. The number of benzene rings is 1. The fraction of sp³-hybridized carbons (Fsp3) is 0.364. The second-order valence-electron chi connectivity index (χ2n) is 3.82. The number of anilines is 2. The van der Waals surface area contributed by atoms with Crippen LogP contribution < -0.4 is 16.4 Å². The molecule has 0 saturated heterocycles. The molecule has 8 heteroatoms. The number of hydrogen-bond donors (Lipinski definition) is 3. The van der Waals surface area contributed by atoms with E-state index < -0.39 is 18.9 Å². The highest BCUT2D eigenvalue weighted by Crippen LogP contribution is 2.32. The minimum atomic E-state index is -2.65. The first-order chi connectivity index (χ1) is 8.86. The molecule has 0 fully saturated rings. The number of nitrogen functional groups attached to an aromatic ring is 1. The van der Waals surface area contributed by atoms with Crippen LogP contribution in [0.3, 0.4) is 0 Å². The van der Waals surface area contributed by atoms with Gasteiger partial charge >= 0.3 is 0 Å². The monoisotopic (exact) mass is 293 g/mol. The van der Waals surface area contributed by atoms with Crippen LogP contribution in [-0.4, -0.2) is 37.1 Å². The topological polar surface area (TPSA) is 92.6 Å². The maximum Gasteiger partial charge on any atom is 0.255 e. The molecule has 0 aliphatic carbocycles. The van der Waals surface area contributed by atoms with Gasteiger partial charge in [-0.2, -0.15) is 0 Å². The first-order valence-electron chi connectivity index (χ1n) is 5.39. The summed E-state index contributed by atoms with van der Waals surface area (Å²) in [7, 11) is 0. The molecule has 0 atom stereocenters. The second-order valence-corrected chi connectivity index (χ2v) is 4.23. The van der Waals surface area contributed by atoms with Gasteiger partial charge in [0.15, 0.2) is 0 Å². The van der Waals surface area contributed by atoms with E-state index >= 15 is 0 Å². The molecule has 5 N–H and O–H groups in total. The minimum Gasteiger partial charge on any atom is -0.399 e. The van der Waals surface area contributed by atoms with Crippen LogP contribution in [0.1, 0.15) is 10.4 Å². The fourth-order valence-electron chi connectivity index (χ4n) is 1.71. The molecule has 0 unspecified atom stereocenters. The summed E-state index contributed by atoms with van der Waals surface area (Å²) in [6.45, 7) is -1.15. The quantitative estimate of drug-likeness (QED) is 0.684. The van der Waals surface area contributed by atoms with E-state index in [4.69, 9.17) is 28.2 Å². The van der Waals surface area contributed by atoms with Gasteiger partial charge in [0.1, 0.15) is 0 Å². The smallest absolute Gasteiger partial charge is 0.255 e. The summed E-state index contributed by atoms with van der Waals surface area (Å²) in [5.41, 5.74) is 10.9. The molecule has 1 aromatic rings. The van der Waals surface area contributed by atoms with Crippen LogP contribution in [0.5, 0.6) is 0 Å². The number of rotatable bonds is 6. The van der Waals surface area contributed by atoms with E-state index in [0.717, 1.165) is 4.90 Å². The Morgan fingerprint density at radius 2 is 2.11 bits per heavy atom. The zero-order valence-corrected chi connectivity index (χ0v) is 10.7. The molecule has 0 aromatic heterocycles. The molecule has 0 heterocycles. The molecule has 1 rings (SSSR count). The van der Waals surface area contributed by atoms with Crippen LogP contribution in [-0.2, 0) is 0 Å². The average molecular weight is 294 g/mol. The van der Waals surface area contributed by atoms with Crippen molar-refractivity contribution in [1.82, 2.24) is 0 Å². The van der Waals surface area contributed by atoms with Gasteiger partial charge in [-0.15, -0.1) is 0 Å². The number of aliphatic hydroxyl groups excluding tert-OH is 1. The maximum absolute atomic E-state index is 12.5. The van der Waals surface area contributed by atoms with E-state index in [0.29, 0.717) is 0 Å². The highest BCUT2D eigenvalue weighted by atomic mass is 35.5. The van der Waals surface area contributed by atoms with E-state index in [2.05, 4.69) is 0 Å².